The van der Waals surface area contributed by atoms with E-state index in [2.05, 4.69) is 31.9 Å². The van der Waals surface area contributed by atoms with Crippen LogP contribution >= 0.6 is 11.5 Å². The minimum atomic E-state index is -0.0870. The number of hydrogen-bond acceptors (Lipinski definition) is 6. The maximum absolute atomic E-state index is 12.5. The van der Waals surface area contributed by atoms with Crippen LogP contribution in [0.15, 0.2) is 30.3 Å². The van der Waals surface area contributed by atoms with Gasteiger partial charge in [-0.1, -0.05) is 41.7 Å². The Kier molecular flexibility index (Phi) is 5.90. The summed E-state index contributed by atoms with van der Waals surface area (Å²) in [5, 5.41) is 7.08. The fourth-order valence-corrected chi connectivity index (χ4v) is 3.57. The summed E-state index contributed by atoms with van der Waals surface area (Å²) in [6.45, 7) is 5.75. The number of hydrogen-bond donors (Lipinski definition) is 1. The molecule has 2 heterocycles. The molecule has 0 bridgehead atoms. The third kappa shape index (κ3) is 3.98. The zero-order valence-electron chi connectivity index (χ0n) is 13.8. The largest absolute Gasteiger partial charge is 0.379 e. The van der Waals surface area contributed by atoms with Crippen molar-refractivity contribution >= 4 is 17.4 Å². The Morgan fingerprint density at radius 2 is 2.08 bits per heavy atom. The number of morpholine rings is 1. The maximum Gasteiger partial charge on any atom is 0.265 e. The van der Waals surface area contributed by atoms with Gasteiger partial charge in [0.25, 0.3) is 5.91 Å². The molecule has 1 atom stereocenters. The molecule has 0 spiro atoms. The summed E-state index contributed by atoms with van der Waals surface area (Å²) in [4.78, 5) is 15.5. The quantitative estimate of drug-likeness (QED) is 0.865. The normalized spacial score (nSPS) is 16.7. The van der Waals surface area contributed by atoms with Crippen molar-refractivity contribution < 1.29 is 9.53 Å². The van der Waals surface area contributed by atoms with Crippen LogP contribution < -0.4 is 5.32 Å². The molecule has 6 nitrogen and oxygen atoms in total. The molecule has 24 heavy (non-hydrogen) atoms. The van der Waals surface area contributed by atoms with Crippen molar-refractivity contribution in [1.82, 2.24) is 19.8 Å². The average molecular weight is 346 g/mol. The predicted molar refractivity (Wildman–Crippen MR) is 93.2 cm³/mol. The second-order valence-electron chi connectivity index (χ2n) is 5.69. The van der Waals surface area contributed by atoms with Crippen LogP contribution in [-0.2, 0) is 11.2 Å². The average Bonchev–Trinajstić information content (AvgIpc) is 3.12. The van der Waals surface area contributed by atoms with Crippen LogP contribution in [0.3, 0.4) is 0 Å². The molecule has 1 N–H and O–H groups in total. The zero-order chi connectivity index (χ0) is 16.8. The highest BCUT2D eigenvalue weighted by Gasteiger charge is 2.24. The standard InChI is InChI=1S/C17H22N4O2S/c1-2-14-16(24-20-19-14)17(22)18-12-15(13-6-4-3-5-7-13)21-8-10-23-11-9-21/h3-7,15H,2,8-12H2,1H3,(H,18,22). The van der Waals surface area contributed by atoms with Crippen LogP contribution in [0.1, 0.15) is 33.9 Å². The molecular weight excluding hydrogens is 324 g/mol. The number of amides is 1. The molecule has 7 heteroatoms. The van der Waals surface area contributed by atoms with E-state index in [1.165, 1.54) is 5.56 Å². The molecule has 1 unspecified atom stereocenters. The van der Waals surface area contributed by atoms with Crippen molar-refractivity contribution in [1.29, 1.82) is 0 Å². The van der Waals surface area contributed by atoms with E-state index in [1.54, 1.807) is 0 Å². The number of nitrogens with zero attached hydrogens (tertiary/aromatic N) is 3. The molecule has 1 aliphatic heterocycles. The van der Waals surface area contributed by atoms with E-state index in [9.17, 15) is 4.79 Å². The van der Waals surface area contributed by atoms with Crippen LogP contribution in [0.25, 0.3) is 0 Å². The first-order valence-corrected chi connectivity index (χ1v) is 9.03. The van der Waals surface area contributed by atoms with Gasteiger partial charge >= 0.3 is 0 Å². The van der Waals surface area contributed by atoms with E-state index in [1.807, 2.05) is 25.1 Å². The Morgan fingerprint density at radius 1 is 1.33 bits per heavy atom. The van der Waals surface area contributed by atoms with Gasteiger partial charge in [-0.25, -0.2) is 0 Å². The molecule has 0 saturated carbocycles. The Balaban J connectivity index is 1.71. The van der Waals surface area contributed by atoms with Crippen molar-refractivity contribution in [3.63, 3.8) is 0 Å². The van der Waals surface area contributed by atoms with E-state index in [0.717, 1.165) is 43.5 Å². The van der Waals surface area contributed by atoms with Gasteiger partial charge in [0.05, 0.1) is 24.9 Å². The third-order valence-electron chi connectivity index (χ3n) is 4.22. The molecule has 1 fully saturated rings. The molecule has 1 aromatic carbocycles. The van der Waals surface area contributed by atoms with Crippen molar-refractivity contribution in [2.24, 2.45) is 0 Å². The van der Waals surface area contributed by atoms with Crippen molar-refractivity contribution in [3.05, 3.63) is 46.5 Å². The molecule has 1 amide bonds. The lowest BCUT2D eigenvalue weighted by Gasteiger charge is -2.34. The zero-order valence-corrected chi connectivity index (χ0v) is 14.6. The molecule has 128 valence electrons. The fraction of sp³-hybridized carbons (Fsp3) is 0.471. The van der Waals surface area contributed by atoms with Gasteiger partial charge in [-0.3, -0.25) is 9.69 Å². The number of nitrogens with one attached hydrogen (secondary N) is 1. The Bertz CT molecular complexity index is 656. The summed E-state index contributed by atoms with van der Waals surface area (Å²) < 4.78 is 9.35. The lowest BCUT2D eigenvalue weighted by Crippen LogP contribution is -2.43. The number of aryl methyl sites for hydroxylation is 1. The Labute approximate surface area is 146 Å². The SMILES string of the molecule is CCc1nnsc1C(=O)NCC(c1ccccc1)N1CCOCC1. The third-order valence-corrected chi connectivity index (χ3v) is 4.99. The Hall–Kier alpha value is -1.83. The lowest BCUT2D eigenvalue weighted by molar-refractivity contribution is 0.0162. The van der Waals surface area contributed by atoms with E-state index < -0.39 is 0 Å². The molecule has 1 aliphatic rings. The smallest absolute Gasteiger partial charge is 0.265 e. The Morgan fingerprint density at radius 3 is 2.79 bits per heavy atom. The van der Waals surface area contributed by atoms with Gasteiger partial charge in [0.2, 0.25) is 0 Å². The van der Waals surface area contributed by atoms with Crippen molar-refractivity contribution in [2.45, 2.75) is 19.4 Å². The molecule has 1 saturated heterocycles. The lowest BCUT2D eigenvalue weighted by atomic mass is 10.0. The molecule has 0 radical (unpaired) electrons. The summed E-state index contributed by atoms with van der Waals surface area (Å²) in [5.74, 6) is -0.0870. The highest BCUT2D eigenvalue weighted by molar-refractivity contribution is 7.08. The number of aromatic nitrogens is 2. The fourth-order valence-electron chi connectivity index (χ4n) is 2.90. The second kappa shape index (κ2) is 8.32. The van der Waals surface area contributed by atoms with Gasteiger partial charge in [0.15, 0.2) is 0 Å². The summed E-state index contributed by atoms with van der Waals surface area (Å²) in [6, 6.07) is 10.4. The van der Waals surface area contributed by atoms with Crippen LogP contribution in [0, 0.1) is 0 Å². The van der Waals surface area contributed by atoms with Crippen LogP contribution in [-0.4, -0.2) is 53.2 Å². The van der Waals surface area contributed by atoms with Gasteiger partial charge < -0.3 is 10.1 Å². The number of rotatable bonds is 6. The van der Waals surface area contributed by atoms with Crippen LogP contribution in [0.4, 0.5) is 0 Å². The van der Waals surface area contributed by atoms with E-state index in [-0.39, 0.29) is 11.9 Å². The van der Waals surface area contributed by atoms with E-state index >= 15 is 0 Å². The number of benzene rings is 1. The van der Waals surface area contributed by atoms with Gasteiger partial charge in [-0.2, -0.15) is 0 Å². The summed E-state index contributed by atoms with van der Waals surface area (Å²) in [6.07, 6.45) is 0.713. The minimum Gasteiger partial charge on any atom is -0.379 e. The van der Waals surface area contributed by atoms with Crippen LogP contribution in [0.2, 0.25) is 0 Å². The summed E-state index contributed by atoms with van der Waals surface area (Å²) in [7, 11) is 0. The first-order chi connectivity index (χ1) is 11.8. The van der Waals surface area contributed by atoms with Crippen molar-refractivity contribution in [3.8, 4) is 0 Å². The van der Waals surface area contributed by atoms with Crippen molar-refractivity contribution in [2.75, 3.05) is 32.8 Å². The number of carbonyl (C=O) groups is 1. The topological polar surface area (TPSA) is 67.4 Å². The summed E-state index contributed by atoms with van der Waals surface area (Å²) >= 11 is 1.16. The first kappa shape index (κ1) is 17.0. The number of carbonyl (C=O) groups excluding carboxylic acids is 1. The van der Waals surface area contributed by atoms with E-state index in [4.69, 9.17) is 4.74 Å². The molecule has 0 aliphatic carbocycles. The second-order valence-corrected chi connectivity index (χ2v) is 6.44. The first-order valence-electron chi connectivity index (χ1n) is 8.25. The van der Waals surface area contributed by atoms with Gasteiger partial charge in [0.1, 0.15) is 4.88 Å². The van der Waals surface area contributed by atoms with Gasteiger partial charge in [0, 0.05) is 19.6 Å². The summed E-state index contributed by atoms with van der Waals surface area (Å²) in [5.41, 5.74) is 1.97. The van der Waals surface area contributed by atoms with Gasteiger partial charge in [-0.05, 0) is 23.5 Å². The predicted octanol–water partition coefficient (Wildman–Crippen LogP) is 1.90. The van der Waals surface area contributed by atoms with Gasteiger partial charge in [-0.15, -0.1) is 5.10 Å². The highest BCUT2D eigenvalue weighted by atomic mass is 32.1. The monoisotopic (exact) mass is 346 g/mol. The van der Waals surface area contributed by atoms with Crippen LogP contribution in [0.5, 0.6) is 0 Å². The molecule has 2 aromatic rings. The number of ether oxygens (including phenoxy) is 1. The molecular formula is C17H22N4O2S. The molecule has 1 aromatic heterocycles. The molecule has 3 rings (SSSR count). The van der Waals surface area contributed by atoms with E-state index in [0.29, 0.717) is 17.8 Å². The minimum absolute atomic E-state index is 0.0870. The maximum atomic E-state index is 12.5. The highest BCUT2D eigenvalue weighted by Crippen LogP contribution is 2.21.